The number of carbonyl (C=O) groups excluding carboxylic acids is 1. The van der Waals surface area contributed by atoms with Crippen molar-refractivity contribution < 1.29 is 28.9 Å². The van der Waals surface area contributed by atoms with Crippen LogP contribution in [-0.4, -0.2) is 33.9 Å². The van der Waals surface area contributed by atoms with E-state index in [1.54, 1.807) is 20.8 Å². The number of amides is 1. The lowest BCUT2D eigenvalue weighted by Crippen LogP contribution is -2.44. The summed E-state index contributed by atoms with van der Waals surface area (Å²) in [6.07, 6.45) is -1.11. The maximum Gasteiger partial charge on any atom is 0.408 e. The summed E-state index contributed by atoms with van der Waals surface area (Å²) in [6, 6.07) is 1.02. The van der Waals surface area contributed by atoms with Gasteiger partial charge in [-0.3, -0.25) is 0 Å². The molecule has 0 saturated heterocycles. The van der Waals surface area contributed by atoms with Crippen LogP contribution in [-0.2, 0) is 16.0 Å². The first-order valence-corrected chi connectivity index (χ1v) is 7.18. The molecule has 0 saturated carbocycles. The van der Waals surface area contributed by atoms with Crippen LogP contribution in [0.3, 0.4) is 0 Å². The number of aromatic hydroxyl groups is 1. The second-order valence-electron chi connectivity index (χ2n) is 5.61. The Morgan fingerprint density at radius 2 is 2.00 bits per heavy atom. The third kappa shape index (κ3) is 5.18. The Bertz CT molecular complexity index is 585. The van der Waals surface area contributed by atoms with E-state index in [9.17, 15) is 19.1 Å². The fourth-order valence-corrected chi connectivity index (χ4v) is 2.00. The van der Waals surface area contributed by atoms with Crippen LogP contribution in [0, 0.1) is 5.82 Å². The highest BCUT2D eigenvalue weighted by Gasteiger charge is 2.25. The van der Waals surface area contributed by atoms with Gasteiger partial charge in [0.2, 0.25) is 0 Å². The Morgan fingerprint density at radius 3 is 2.50 bits per heavy atom. The van der Waals surface area contributed by atoms with E-state index in [0.717, 1.165) is 6.07 Å². The number of nitrogens with one attached hydrogen (secondary N) is 1. The first-order chi connectivity index (χ1) is 10.0. The van der Waals surface area contributed by atoms with Gasteiger partial charge in [0, 0.05) is 6.42 Å². The van der Waals surface area contributed by atoms with Crippen LogP contribution in [0.5, 0.6) is 5.75 Å². The molecule has 1 rings (SSSR count). The second kappa shape index (κ2) is 6.95. The summed E-state index contributed by atoms with van der Waals surface area (Å²) in [5, 5.41) is 21.2. The molecule has 8 heteroatoms. The fourth-order valence-electron chi connectivity index (χ4n) is 1.61. The van der Waals surface area contributed by atoms with Gasteiger partial charge >= 0.3 is 12.1 Å². The monoisotopic (exact) mass is 377 g/mol. The van der Waals surface area contributed by atoms with Gasteiger partial charge in [-0.2, -0.15) is 0 Å². The van der Waals surface area contributed by atoms with Gasteiger partial charge < -0.3 is 20.3 Å². The predicted octanol–water partition coefficient (Wildman–Crippen LogP) is 2.81. The van der Waals surface area contributed by atoms with Gasteiger partial charge in [-0.1, -0.05) is 6.07 Å². The first kappa shape index (κ1) is 18.2. The molecular weight excluding hydrogens is 361 g/mol. The lowest BCUT2D eigenvalue weighted by atomic mass is 10.0. The van der Waals surface area contributed by atoms with E-state index in [1.165, 1.54) is 6.07 Å². The molecule has 22 heavy (non-hydrogen) atoms. The highest BCUT2D eigenvalue weighted by atomic mass is 79.9. The van der Waals surface area contributed by atoms with Crippen molar-refractivity contribution in [2.24, 2.45) is 0 Å². The van der Waals surface area contributed by atoms with Gasteiger partial charge in [0.25, 0.3) is 0 Å². The zero-order valence-corrected chi connectivity index (χ0v) is 13.9. The normalized spacial score (nSPS) is 12.6. The number of aliphatic carboxylic acids is 1. The molecule has 1 atom stereocenters. The number of halogens is 2. The van der Waals surface area contributed by atoms with Gasteiger partial charge in [0.1, 0.15) is 23.2 Å². The number of carboxylic acids is 1. The van der Waals surface area contributed by atoms with Gasteiger partial charge in [0.05, 0.1) is 4.47 Å². The van der Waals surface area contributed by atoms with E-state index < -0.39 is 35.3 Å². The van der Waals surface area contributed by atoms with Gasteiger partial charge in [-0.05, 0) is 48.3 Å². The number of carboxylic acid groups (broad SMARTS) is 1. The van der Waals surface area contributed by atoms with Crippen LogP contribution in [0.2, 0.25) is 0 Å². The first-order valence-electron chi connectivity index (χ1n) is 6.39. The van der Waals surface area contributed by atoms with E-state index in [0.29, 0.717) is 0 Å². The van der Waals surface area contributed by atoms with Crippen molar-refractivity contribution in [2.45, 2.75) is 38.8 Å². The highest BCUT2D eigenvalue weighted by Crippen LogP contribution is 2.31. The summed E-state index contributed by atoms with van der Waals surface area (Å²) in [5.74, 6) is -2.38. The number of rotatable bonds is 4. The molecule has 1 aromatic carbocycles. The average Bonchev–Trinajstić information content (AvgIpc) is 2.36. The molecule has 0 aliphatic heterocycles. The maximum absolute atomic E-state index is 13.2. The molecule has 3 N–H and O–H groups in total. The third-order valence-corrected chi connectivity index (χ3v) is 3.32. The SMILES string of the molecule is CC(C)(C)OC(=O)NC(Cc1ccc(F)c(Br)c1O)C(=O)O. The smallest absolute Gasteiger partial charge is 0.408 e. The number of phenolic OH excluding ortho intramolecular Hbond substituents is 1. The molecule has 6 nitrogen and oxygen atoms in total. The van der Waals surface area contributed by atoms with E-state index in [1.807, 2.05) is 0 Å². The van der Waals surface area contributed by atoms with E-state index in [2.05, 4.69) is 21.2 Å². The number of ether oxygens (including phenoxy) is 1. The molecule has 0 aliphatic carbocycles. The van der Waals surface area contributed by atoms with Crippen LogP contribution in [0.4, 0.5) is 9.18 Å². The number of hydrogen-bond donors (Lipinski definition) is 3. The molecule has 1 amide bonds. The lowest BCUT2D eigenvalue weighted by molar-refractivity contribution is -0.139. The standard InChI is InChI=1S/C14H17BrFNO5/c1-14(2,3)22-13(21)17-9(12(19)20)6-7-4-5-8(16)10(15)11(7)18/h4-5,9,18H,6H2,1-3H3,(H,17,21)(H,19,20). The maximum atomic E-state index is 13.2. The van der Waals surface area contributed by atoms with Gasteiger partial charge in [-0.15, -0.1) is 0 Å². The molecule has 1 unspecified atom stereocenters. The van der Waals surface area contributed by atoms with Crippen LogP contribution >= 0.6 is 15.9 Å². The average molecular weight is 378 g/mol. The molecule has 0 heterocycles. The van der Waals surface area contributed by atoms with E-state index >= 15 is 0 Å². The summed E-state index contributed by atoms with van der Waals surface area (Å²) >= 11 is 2.86. The van der Waals surface area contributed by atoms with E-state index in [-0.39, 0.29) is 16.5 Å². The fraction of sp³-hybridized carbons (Fsp3) is 0.429. The Kier molecular flexibility index (Phi) is 5.76. The van der Waals surface area contributed by atoms with Crippen LogP contribution in [0.1, 0.15) is 26.3 Å². The molecule has 0 radical (unpaired) electrons. The zero-order valence-electron chi connectivity index (χ0n) is 12.3. The minimum absolute atomic E-state index is 0.161. The van der Waals surface area contributed by atoms with Crippen molar-refractivity contribution in [1.82, 2.24) is 5.32 Å². The van der Waals surface area contributed by atoms with Crippen molar-refractivity contribution >= 4 is 28.0 Å². The van der Waals surface area contributed by atoms with Crippen LogP contribution < -0.4 is 5.32 Å². The van der Waals surface area contributed by atoms with Crippen molar-refractivity contribution in [1.29, 1.82) is 0 Å². The van der Waals surface area contributed by atoms with Gasteiger partial charge in [-0.25, -0.2) is 14.0 Å². The number of carbonyl (C=O) groups is 2. The molecule has 0 fully saturated rings. The quantitative estimate of drug-likeness (QED) is 0.749. The minimum Gasteiger partial charge on any atom is -0.506 e. The molecule has 1 aromatic rings. The summed E-state index contributed by atoms with van der Waals surface area (Å²) < 4.78 is 18.1. The number of hydrogen-bond acceptors (Lipinski definition) is 4. The van der Waals surface area contributed by atoms with Crippen molar-refractivity contribution in [3.8, 4) is 5.75 Å². The Hall–Kier alpha value is -1.83. The summed E-state index contributed by atoms with van der Waals surface area (Å²) in [4.78, 5) is 22.9. The topological polar surface area (TPSA) is 95.9 Å². The predicted molar refractivity (Wildman–Crippen MR) is 80.3 cm³/mol. The van der Waals surface area contributed by atoms with Crippen molar-refractivity contribution in [2.75, 3.05) is 0 Å². The number of benzene rings is 1. The van der Waals surface area contributed by atoms with Gasteiger partial charge in [0.15, 0.2) is 0 Å². The molecule has 122 valence electrons. The Morgan fingerprint density at radius 1 is 1.41 bits per heavy atom. The zero-order chi connectivity index (χ0) is 17.1. The third-order valence-electron chi connectivity index (χ3n) is 2.57. The molecule has 0 aromatic heterocycles. The Balaban J connectivity index is 2.88. The summed E-state index contributed by atoms with van der Waals surface area (Å²) in [6.45, 7) is 4.93. The van der Waals surface area contributed by atoms with Crippen molar-refractivity contribution in [3.05, 3.63) is 28.0 Å². The molecule has 0 spiro atoms. The lowest BCUT2D eigenvalue weighted by Gasteiger charge is -2.22. The molecular formula is C14H17BrFNO5. The largest absolute Gasteiger partial charge is 0.506 e. The summed E-state index contributed by atoms with van der Waals surface area (Å²) in [5.41, 5.74) is -0.592. The van der Waals surface area contributed by atoms with Crippen LogP contribution in [0.15, 0.2) is 16.6 Å². The summed E-state index contributed by atoms with van der Waals surface area (Å²) in [7, 11) is 0. The second-order valence-corrected chi connectivity index (χ2v) is 6.40. The highest BCUT2D eigenvalue weighted by molar-refractivity contribution is 9.10. The van der Waals surface area contributed by atoms with E-state index in [4.69, 9.17) is 9.84 Å². The Labute approximate surface area is 135 Å². The minimum atomic E-state index is -1.32. The van der Waals surface area contributed by atoms with Crippen molar-refractivity contribution in [3.63, 3.8) is 0 Å². The van der Waals surface area contributed by atoms with Crippen LogP contribution in [0.25, 0.3) is 0 Å². The number of alkyl carbamates (subject to hydrolysis) is 1. The number of phenols is 1. The molecule has 0 bridgehead atoms. The molecule has 0 aliphatic rings.